The van der Waals surface area contributed by atoms with Crippen LogP contribution in [0.3, 0.4) is 0 Å². The van der Waals surface area contributed by atoms with Crippen LogP contribution in [0.4, 0.5) is 0 Å². The largest absolute Gasteiger partial charge is 0.325 e. The molecule has 0 amide bonds. The summed E-state index contributed by atoms with van der Waals surface area (Å²) >= 11 is 3.53. The molecular weight excluding hydrogens is 242 g/mol. The van der Waals surface area contributed by atoms with E-state index in [0.29, 0.717) is 12.5 Å². The fourth-order valence-corrected chi connectivity index (χ4v) is 2.66. The number of nitrogens with zero attached hydrogens (tertiary/aromatic N) is 2. The van der Waals surface area contributed by atoms with E-state index < -0.39 is 0 Å². The maximum Gasteiger partial charge on any atom is 0.112 e. The molecule has 1 aliphatic carbocycles. The van der Waals surface area contributed by atoms with Crippen LogP contribution in [0, 0.1) is 0 Å². The van der Waals surface area contributed by atoms with Crippen molar-refractivity contribution >= 4 is 15.9 Å². The second-order valence-corrected chi connectivity index (χ2v) is 4.70. The zero-order valence-corrected chi connectivity index (χ0v) is 10.0. The van der Waals surface area contributed by atoms with Crippen molar-refractivity contribution in [2.24, 2.45) is 12.8 Å². The first-order chi connectivity index (χ1) is 6.74. The van der Waals surface area contributed by atoms with Crippen LogP contribution in [0.1, 0.15) is 43.1 Å². The van der Waals surface area contributed by atoms with Gasteiger partial charge in [-0.25, -0.2) is 4.98 Å². The van der Waals surface area contributed by atoms with Gasteiger partial charge in [-0.2, -0.15) is 0 Å². The van der Waals surface area contributed by atoms with Crippen LogP contribution >= 0.6 is 15.9 Å². The Morgan fingerprint density at radius 1 is 1.50 bits per heavy atom. The average molecular weight is 258 g/mol. The highest BCUT2D eigenvalue weighted by atomic mass is 79.9. The van der Waals surface area contributed by atoms with Gasteiger partial charge in [-0.1, -0.05) is 12.8 Å². The standard InChI is InChI=1S/C10H16BrN3/c1-14-9(11)8(6-12)13-10(14)7-4-2-3-5-7/h7H,2-6,12H2,1H3. The van der Waals surface area contributed by atoms with Gasteiger partial charge in [0, 0.05) is 19.5 Å². The SMILES string of the molecule is Cn1c(C2CCCC2)nc(CN)c1Br. The van der Waals surface area contributed by atoms with Gasteiger partial charge in [-0.15, -0.1) is 0 Å². The summed E-state index contributed by atoms with van der Waals surface area (Å²) in [6.45, 7) is 0.515. The predicted octanol–water partition coefficient (Wildman–Crippen LogP) is 2.30. The molecule has 1 heterocycles. The van der Waals surface area contributed by atoms with E-state index >= 15 is 0 Å². The predicted molar refractivity (Wildman–Crippen MR) is 60.0 cm³/mol. The van der Waals surface area contributed by atoms with Crippen LogP contribution in [-0.4, -0.2) is 9.55 Å². The van der Waals surface area contributed by atoms with E-state index in [9.17, 15) is 0 Å². The molecule has 0 bridgehead atoms. The molecule has 0 atom stereocenters. The third kappa shape index (κ3) is 1.61. The van der Waals surface area contributed by atoms with Crippen LogP contribution in [0.5, 0.6) is 0 Å². The maximum atomic E-state index is 5.63. The minimum atomic E-state index is 0.515. The molecule has 78 valence electrons. The summed E-state index contributed by atoms with van der Waals surface area (Å²) in [5.41, 5.74) is 6.61. The van der Waals surface area contributed by atoms with Crippen molar-refractivity contribution in [3.63, 3.8) is 0 Å². The molecule has 3 nitrogen and oxygen atoms in total. The first kappa shape index (κ1) is 10.2. The summed E-state index contributed by atoms with van der Waals surface area (Å²) in [6, 6.07) is 0. The topological polar surface area (TPSA) is 43.8 Å². The van der Waals surface area contributed by atoms with Crippen LogP contribution in [-0.2, 0) is 13.6 Å². The van der Waals surface area contributed by atoms with Gasteiger partial charge in [-0.3, -0.25) is 0 Å². The highest BCUT2D eigenvalue weighted by molar-refractivity contribution is 9.10. The summed E-state index contributed by atoms with van der Waals surface area (Å²) in [4.78, 5) is 4.60. The van der Waals surface area contributed by atoms with E-state index in [-0.39, 0.29) is 0 Å². The number of hydrogen-bond acceptors (Lipinski definition) is 2. The monoisotopic (exact) mass is 257 g/mol. The van der Waals surface area contributed by atoms with Gasteiger partial charge in [0.2, 0.25) is 0 Å². The zero-order valence-electron chi connectivity index (χ0n) is 8.46. The molecule has 0 spiro atoms. The lowest BCUT2D eigenvalue weighted by atomic mass is 10.1. The summed E-state index contributed by atoms with van der Waals surface area (Å²) in [7, 11) is 2.06. The number of hydrogen-bond donors (Lipinski definition) is 1. The first-order valence-electron chi connectivity index (χ1n) is 5.15. The second-order valence-electron chi connectivity index (χ2n) is 3.95. The lowest BCUT2D eigenvalue weighted by Gasteiger charge is -2.08. The molecule has 0 aromatic carbocycles. The Morgan fingerprint density at radius 3 is 2.64 bits per heavy atom. The number of imidazole rings is 1. The van der Waals surface area contributed by atoms with Crippen LogP contribution in [0.25, 0.3) is 0 Å². The van der Waals surface area contributed by atoms with Crippen molar-refractivity contribution < 1.29 is 0 Å². The number of nitrogens with two attached hydrogens (primary N) is 1. The molecule has 4 heteroatoms. The fraction of sp³-hybridized carbons (Fsp3) is 0.700. The normalized spacial score (nSPS) is 17.9. The minimum Gasteiger partial charge on any atom is -0.325 e. The summed E-state index contributed by atoms with van der Waals surface area (Å²) in [5, 5.41) is 0. The van der Waals surface area contributed by atoms with E-state index in [4.69, 9.17) is 5.73 Å². The molecule has 1 aliphatic rings. The van der Waals surface area contributed by atoms with Crippen molar-refractivity contribution in [3.8, 4) is 0 Å². The Bertz CT molecular complexity index is 326. The molecule has 1 saturated carbocycles. The molecule has 14 heavy (non-hydrogen) atoms. The highest BCUT2D eigenvalue weighted by Gasteiger charge is 2.23. The second kappa shape index (κ2) is 4.03. The van der Waals surface area contributed by atoms with Gasteiger partial charge < -0.3 is 10.3 Å². The Kier molecular flexibility index (Phi) is 2.93. The quantitative estimate of drug-likeness (QED) is 0.884. The third-order valence-electron chi connectivity index (χ3n) is 3.04. The molecule has 0 aliphatic heterocycles. The van der Waals surface area contributed by atoms with Gasteiger partial charge in [0.15, 0.2) is 0 Å². The summed E-state index contributed by atoms with van der Waals surface area (Å²) in [5.74, 6) is 1.85. The van der Waals surface area contributed by atoms with Crippen LogP contribution in [0.2, 0.25) is 0 Å². The number of halogens is 1. The molecule has 1 fully saturated rings. The lowest BCUT2D eigenvalue weighted by molar-refractivity contribution is 0.628. The lowest BCUT2D eigenvalue weighted by Crippen LogP contribution is -2.02. The minimum absolute atomic E-state index is 0.515. The van der Waals surface area contributed by atoms with Crippen molar-refractivity contribution in [2.45, 2.75) is 38.1 Å². The van der Waals surface area contributed by atoms with Gasteiger partial charge in [-0.05, 0) is 28.8 Å². The van der Waals surface area contributed by atoms with Gasteiger partial charge in [0.1, 0.15) is 10.4 Å². The smallest absolute Gasteiger partial charge is 0.112 e. The molecular formula is C10H16BrN3. The maximum absolute atomic E-state index is 5.63. The molecule has 2 rings (SSSR count). The molecule has 0 radical (unpaired) electrons. The third-order valence-corrected chi connectivity index (χ3v) is 4.03. The van der Waals surface area contributed by atoms with Crippen LogP contribution in [0.15, 0.2) is 4.60 Å². The van der Waals surface area contributed by atoms with Gasteiger partial charge in [0.25, 0.3) is 0 Å². The fourth-order valence-electron chi connectivity index (χ4n) is 2.23. The first-order valence-corrected chi connectivity index (χ1v) is 5.94. The van der Waals surface area contributed by atoms with Crippen molar-refractivity contribution in [1.82, 2.24) is 9.55 Å². The van der Waals surface area contributed by atoms with Crippen molar-refractivity contribution in [3.05, 3.63) is 16.1 Å². The summed E-state index contributed by atoms with van der Waals surface area (Å²) in [6.07, 6.45) is 5.24. The number of rotatable bonds is 2. The molecule has 0 saturated heterocycles. The van der Waals surface area contributed by atoms with E-state index in [0.717, 1.165) is 10.3 Å². The molecule has 2 N–H and O–H groups in total. The Balaban J connectivity index is 2.32. The Hall–Kier alpha value is -0.350. The van der Waals surface area contributed by atoms with E-state index in [1.807, 2.05) is 0 Å². The van der Waals surface area contributed by atoms with Gasteiger partial charge in [0.05, 0.1) is 5.69 Å². The van der Waals surface area contributed by atoms with E-state index in [2.05, 4.69) is 32.5 Å². The van der Waals surface area contributed by atoms with Crippen molar-refractivity contribution in [2.75, 3.05) is 0 Å². The van der Waals surface area contributed by atoms with Crippen LogP contribution < -0.4 is 5.73 Å². The molecule has 0 unspecified atom stereocenters. The summed E-state index contributed by atoms with van der Waals surface area (Å²) < 4.78 is 3.18. The molecule has 1 aromatic rings. The van der Waals surface area contributed by atoms with Crippen molar-refractivity contribution in [1.29, 1.82) is 0 Å². The number of aromatic nitrogens is 2. The Morgan fingerprint density at radius 2 is 2.14 bits per heavy atom. The van der Waals surface area contributed by atoms with Gasteiger partial charge >= 0.3 is 0 Å². The van der Waals surface area contributed by atoms with E-state index in [1.54, 1.807) is 0 Å². The average Bonchev–Trinajstić information content (AvgIpc) is 2.78. The Labute approximate surface area is 92.8 Å². The highest BCUT2D eigenvalue weighted by Crippen LogP contribution is 2.34. The van der Waals surface area contributed by atoms with E-state index in [1.165, 1.54) is 31.5 Å². The zero-order chi connectivity index (χ0) is 10.1. The molecule has 1 aromatic heterocycles.